The molecule has 0 fully saturated rings. The molecule has 0 spiro atoms. The number of ether oxygens (including phenoxy) is 2. The van der Waals surface area contributed by atoms with E-state index in [-0.39, 0.29) is 11.7 Å². The van der Waals surface area contributed by atoms with Gasteiger partial charge >= 0.3 is 0 Å². The van der Waals surface area contributed by atoms with E-state index in [0.717, 1.165) is 29.5 Å². The quantitative estimate of drug-likeness (QED) is 0.335. The Morgan fingerprint density at radius 2 is 2.00 bits per heavy atom. The van der Waals surface area contributed by atoms with E-state index in [1.54, 1.807) is 43.8 Å². The number of rotatable bonds is 9. The van der Waals surface area contributed by atoms with Crippen LogP contribution in [-0.2, 0) is 11.3 Å². The van der Waals surface area contributed by atoms with Crippen molar-refractivity contribution in [1.82, 2.24) is 14.8 Å². The van der Waals surface area contributed by atoms with E-state index in [4.69, 9.17) is 9.47 Å². The number of methoxy groups -OCH3 is 2. The number of thiophene rings is 1. The second-order valence-corrected chi connectivity index (χ2v) is 8.86. The summed E-state index contributed by atoms with van der Waals surface area (Å²) in [5.41, 5.74) is 1.67. The molecule has 4 rings (SSSR count). The smallest absolute Gasteiger partial charge is 0.234 e. The van der Waals surface area contributed by atoms with Crippen LogP contribution in [0.2, 0.25) is 0 Å². The normalized spacial score (nSPS) is 11.0. The second kappa shape index (κ2) is 10.1. The number of fused-ring (bicyclic) bond motifs is 1. The van der Waals surface area contributed by atoms with Crippen LogP contribution in [0.3, 0.4) is 0 Å². The Labute approximate surface area is 194 Å². The van der Waals surface area contributed by atoms with Gasteiger partial charge in [0, 0.05) is 33.6 Å². The Kier molecular flexibility index (Phi) is 6.96. The lowest BCUT2D eigenvalue weighted by molar-refractivity contribution is -0.113. The molecule has 0 aliphatic heterocycles. The van der Waals surface area contributed by atoms with Crippen molar-refractivity contribution in [2.45, 2.75) is 25.0 Å². The van der Waals surface area contributed by atoms with Gasteiger partial charge < -0.3 is 19.4 Å². The predicted molar refractivity (Wildman–Crippen MR) is 130 cm³/mol. The van der Waals surface area contributed by atoms with E-state index < -0.39 is 0 Å². The highest BCUT2D eigenvalue weighted by molar-refractivity contribution is 7.99. The van der Waals surface area contributed by atoms with Gasteiger partial charge in [-0.25, -0.2) is 0 Å². The van der Waals surface area contributed by atoms with Crippen molar-refractivity contribution in [2.75, 3.05) is 25.3 Å². The van der Waals surface area contributed by atoms with Gasteiger partial charge in [-0.1, -0.05) is 36.9 Å². The summed E-state index contributed by atoms with van der Waals surface area (Å²) < 4.78 is 13.9. The lowest BCUT2D eigenvalue weighted by atomic mass is 10.1. The fourth-order valence-electron chi connectivity index (χ4n) is 3.39. The third-order valence-corrected chi connectivity index (χ3v) is 6.83. The summed E-state index contributed by atoms with van der Waals surface area (Å²) in [6.45, 7) is 2.90. The minimum absolute atomic E-state index is 0.146. The van der Waals surface area contributed by atoms with E-state index in [2.05, 4.69) is 44.5 Å². The van der Waals surface area contributed by atoms with Gasteiger partial charge in [-0.15, -0.1) is 21.5 Å². The molecular formula is C23H24N4O3S2. The van der Waals surface area contributed by atoms with Crippen LogP contribution in [0.5, 0.6) is 11.5 Å². The van der Waals surface area contributed by atoms with Crippen LogP contribution in [0.25, 0.3) is 21.5 Å². The zero-order valence-electron chi connectivity index (χ0n) is 18.1. The number of aromatic nitrogens is 3. The van der Waals surface area contributed by atoms with Gasteiger partial charge in [0.2, 0.25) is 5.91 Å². The summed E-state index contributed by atoms with van der Waals surface area (Å²) in [6, 6.07) is 13.6. The Morgan fingerprint density at radius 3 is 2.78 bits per heavy atom. The molecule has 7 nitrogen and oxygen atoms in total. The Hall–Kier alpha value is -3.04. The van der Waals surface area contributed by atoms with Crippen LogP contribution in [-0.4, -0.2) is 40.6 Å². The fraction of sp³-hybridized carbons (Fsp3) is 0.261. The number of nitrogens with one attached hydrogen (secondary N) is 1. The first-order chi connectivity index (χ1) is 15.6. The maximum atomic E-state index is 12.6. The number of anilines is 1. The number of nitrogens with zero attached hydrogens (tertiary/aromatic N) is 3. The molecule has 0 unspecified atom stereocenters. The molecule has 1 amide bonds. The van der Waals surface area contributed by atoms with E-state index in [1.165, 1.54) is 21.8 Å². The minimum atomic E-state index is -0.146. The molecule has 2 aromatic carbocycles. The minimum Gasteiger partial charge on any atom is -0.497 e. The number of carbonyl (C=O) groups is 1. The van der Waals surface area contributed by atoms with Crippen LogP contribution in [0.1, 0.15) is 13.3 Å². The Bertz CT molecular complexity index is 1240. The van der Waals surface area contributed by atoms with Crippen molar-refractivity contribution in [3.05, 3.63) is 47.8 Å². The topological polar surface area (TPSA) is 78.3 Å². The van der Waals surface area contributed by atoms with Crippen LogP contribution in [0.15, 0.2) is 53.0 Å². The molecule has 2 heterocycles. The molecule has 0 atom stereocenters. The Morgan fingerprint density at radius 1 is 1.16 bits per heavy atom. The fourth-order valence-corrected chi connectivity index (χ4v) is 5.09. The summed E-state index contributed by atoms with van der Waals surface area (Å²) in [5, 5.41) is 15.8. The number of hydrogen-bond donors (Lipinski definition) is 1. The lowest BCUT2D eigenvalue weighted by Gasteiger charge is -2.12. The highest BCUT2D eigenvalue weighted by atomic mass is 32.2. The van der Waals surface area contributed by atoms with Gasteiger partial charge in [0.05, 0.1) is 25.7 Å². The summed E-state index contributed by atoms with van der Waals surface area (Å²) in [5.74, 6) is 2.11. The standard InChI is InChI=1S/C23H24N4O3S2/c1-4-11-27-22(17-13-31-20-8-6-5-7-16(17)20)25-26-23(27)32-14-21(28)24-18-10-9-15(29-2)12-19(18)30-3/h5-10,12-13H,4,11,14H2,1-3H3,(H,24,28). The van der Waals surface area contributed by atoms with Crippen LogP contribution in [0, 0.1) is 0 Å². The van der Waals surface area contributed by atoms with E-state index in [1.807, 2.05) is 12.1 Å². The van der Waals surface area contributed by atoms with E-state index in [9.17, 15) is 4.79 Å². The largest absolute Gasteiger partial charge is 0.497 e. The third kappa shape index (κ3) is 4.58. The molecular weight excluding hydrogens is 444 g/mol. The maximum absolute atomic E-state index is 12.6. The summed E-state index contributed by atoms with van der Waals surface area (Å²) in [6.07, 6.45) is 0.940. The van der Waals surface area contributed by atoms with Gasteiger partial charge in [0.1, 0.15) is 11.5 Å². The van der Waals surface area contributed by atoms with Crippen molar-refractivity contribution in [3.63, 3.8) is 0 Å². The van der Waals surface area contributed by atoms with Crippen LogP contribution in [0.4, 0.5) is 5.69 Å². The van der Waals surface area contributed by atoms with Gasteiger partial charge in [0.15, 0.2) is 11.0 Å². The van der Waals surface area contributed by atoms with E-state index in [0.29, 0.717) is 17.2 Å². The first-order valence-electron chi connectivity index (χ1n) is 10.2. The number of hydrogen-bond acceptors (Lipinski definition) is 7. The van der Waals surface area contributed by atoms with Crippen molar-refractivity contribution in [1.29, 1.82) is 0 Å². The summed E-state index contributed by atoms with van der Waals surface area (Å²) in [4.78, 5) is 12.6. The monoisotopic (exact) mass is 468 g/mol. The summed E-state index contributed by atoms with van der Waals surface area (Å²) >= 11 is 3.07. The highest BCUT2D eigenvalue weighted by Crippen LogP contribution is 2.35. The SMILES string of the molecule is CCCn1c(SCC(=O)Nc2ccc(OC)cc2OC)nnc1-c1csc2ccccc12. The first kappa shape index (κ1) is 22.2. The third-order valence-electron chi connectivity index (χ3n) is 4.90. The molecule has 0 bridgehead atoms. The first-order valence-corrected chi connectivity index (χ1v) is 12.1. The van der Waals surface area contributed by atoms with Gasteiger partial charge in [-0.3, -0.25) is 4.79 Å². The predicted octanol–water partition coefficient (Wildman–Crippen LogP) is 5.32. The number of carbonyl (C=O) groups excluding carboxylic acids is 1. The zero-order chi connectivity index (χ0) is 22.5. The van der Waals surface area contributed by atoms with E-state index >= 15 is 0 Å². The lowest BCUT2D eigenvalue weighted by Crippen LogP contribution is -2.15. The molecule has 0 saturated heterocycles. The number of benzene rings is 2. The van der Waals surface area contributed by atoms with Crippen molar-refractivity contribution < 1.29 is 14.3 Å². The van der Waals surface area contributed by atoms with Crippen molar-refractivity contribution >= 4 is 44.8 Å². The molecule has 0 radical (unpaired) electrons. The molecule has 4 aromatic rings. The van der Waals surface area contributed by atoms with Gasteiger partial charge in [0.25, 0.3) is 0 Å². The maximum Gasteiger partial charge on any atom is 0.234 e. The molecule has 9 heteroatoms. The van der Waals surface area contributed by atoms with Crippen molar-refractivity contribution in [2.24, 2.45) is 0 Å². The molecule has 0 aliphatic rings. The zero-order valence-corrected chi connectivity index (χ0v) is 19.8. The summed E-state index contributed by atoms with van der Waals surface area (Å²) in [7, 11) is 3.14. The van der Waals surface area contributed by atoms with Crippen LogP contribution < -0.4 is 14.8 Å². The average Bonchev–Trinajstić information content (AvgIpc) is 3.42. The Balaban J connectivity index is 1.51. The highest BCUT2D eigenvalue weighted by Gasteiger charge is 2.18. The molecule has 2 aromatic heterocycles. The number of amides is 1. The van der Waals surface area contributed by atoms with Crippen molar-refractivity contribution in [3.8, 4) is 22.9 Å². The second-order valence-electron chi connectivity index (χ2n) is 7.01. The number of thioether (sulfide) groups is 1. The molecule has 166 valence electrons. The average molecular weight is 469 g/mol. The molecule has 32 heavy (non-hydrogen) atoms. The molecule has 0 aliphatic carbocycles. The van der Waals surface area contributed by atoms with Gasteiger partial charge in [-0.05, 0) is 24.6 Å². The molecule has 0 saturated carbocycles. The molecule has 1 N–H and O–H groups in total. The van der Waals surface area contributed by atoms with Gasteiger partial charge in [-0.2, -0.15) is 0 Å². The van der Waals surface area contributed by atoms with Crippen LogP contribution >= 0.6 is 23.1 Å².